The first kappa shape index (κ1) is 12.0. The Morgan fingerprint density at radius 3 is 2.60 bits per heavy atom. The molecule has 15 heavy (non-hydrogen) atoms. The molecule has 3 nitrogen and oxygen atoms in total. The molecule has 0 aliphatic carbocycles. The molecular weight excluding hydrogens is 267 g/mol. The first-order valence-electron chi connectivity index (χ1n) is 4.21. The highest BCUT2D eigenvalue weighted by Gasteiger charge is 2.13. The normalized spacial score (nSPS) is 10.1. The fourth-order valence-corrected chi connectivity index (χ4v) is 1.78. The number of benzene rings is 1. The Hall–Kier alpha value is -1.10. The number of alkyl halides is 1. The number of carboxylic acids is 1. The van der Waals surface area contributed by atoms with E-state index in [2.05, 4.69) is 15.9 Å². The van der Waals surface area contributed by atoms with Crippen LogP contribution < -0.4 is 4.74 Å². The van der Waals surface area contributed by atoms with Crippen molar-refractivity contribution in [2.24, 2.45) is 0 Å². The maximum Gasteiger partial charge on any atom is 0.307 e. The lowest BCUT2D eigenvalue weighted by Crippen LogP contribution is -2.04. The lowest BCUT2D eigenvalue weighted by molar-refractivity contribution is -0.136. The van der Waals surface area contributed by atoms with Crippen LogP contribution in [0, 0.1) is 5.82 Å². The van der Waals surface area contributed by atoms with Gasteiger partial charge in [-0.1, -0.05) is 15.9 Å². The number of hydrogen-bond acceptors (Lipinski definition) is 2. The first-order chi connectivity index (χ1) is 7.08. The van der Waals surface area contributed by atoms with Crippen molar-refractivity contribution < 1.29 is 19.0 Å². The van der Waals surface area contributed by atoms with Gasteiger partial charge in [-0.15, -0.1) is 0 Å². The van der Waals surface area contributed by atoms with Gasteiger partial charge in [0.2, 0.25) is 0 Å². The third-order valence-corrected chi connectivity index (χ3v) is 2.50. The number of ether oxygens (including phenoxy) is 1. The van der Waals surface area contributed by atoms with Crippen molar-refractivity contribution in [2.75, 3.05) is 7.11 Å². The van der Waals surface area contributed by atoms with E-state index in [0.29, 0.717) is 22.2 Å². The molecule has 1 aromatic rings. The molecule has 0 saturated carbocycles. The zero-order chi connectivity index (χ0) is 11.4. The van der Waals surface area contributed by atoms with Crippen molar-refractivity contribution in [1.82, 2.24) is 0 Å². The highest BCUT2D eigenvalue weighted by Crippen LogP contribution is 2.27. The molecule has 0 aromatic heterocycles. The van der Waals surface area contributed by atoms with Crippen molar-refractivity contribution in [3.8, 4) is 5.75 Å². The van der Waals surface area contributed by atoms with Crippen LogP contribution in [0.2, 0.25) is 0 Å². The van der Waals surface area contributed by atoms with Crippen molar-refractivity contribution in [1.29, 1.82) is 0 Å². The minimum absolute atomic E-state index is 0.249. The molecular formula is C10H10BrFO3. The smallest absolute Gasteiger partial charge is 0.307 e. The van der Waals surface area contributed by atoms with Gasteiger partial charge >= 0.3 is 5.97 Å². The average molecular weight is 277 g/mol. The number of methoxy groups -OCH3 is 1. The SMILES string of the molecule is COc1c(CBr)cc(F)cc1CC(=O)O. The Morgan fingerprint density at radius 1 is 1.53 bits per heavy atom. The van der Waals surface area contributed by atoms with Crippen molar-refractivity contribution in [3.05, 3.63) is 29.1 Å². The number of hydrogen-bond donors (Lipinski definition) is 1. The molecule has 0 saturated heterocycles. The van der Waals surface area contributed by atoms with Crippen LogP contribution >= 0.6 is 15.9 Å². The van der Waals surface area contributed by atoms with E-state index in [-0.39, 0.29) is 6.42 Å². The lowest BCUT2D eigenvalue weighted by atomic mass is 10.1. The van der Waals surface area contributed by atoms with Crippen molar-refractivity contribution in [2.45, 2.75) is 11.8 Å². The largest absolute Gasteiger partial charge is 0.496 e. The zero-order valence-electron chi connectivity index (χ0n) is 8.09. The molecule has 0 fully saturated rings. The van der Waals surface area contributed by atoms with Crippen LogP contribution in [-0.4, -0.2) is 18.2 Å². The minimum atomic E-state index is -1.01. The predicted octanol–water partition coefficient (Wildman–Crippen LogP) is 2.36. The highest BCUT2D eigenvalue weighted by molar-refractivity contribution is 9.08. The van der Waals surface area contributed by atoms with E-state index in [9.17, 15) is 9.18 Å². The van der Waals surface area contributed by atoms with Crippen LogP contribution in [-0.2, 0) is 16.5 Å². The van der Waals surface area contributed by atoms with Crippen LogP contribution in [0.25, 0.3) is 0 Å². The molecule has 0 bridgehead atoms. The monoisotopic (exact) mass is 276 g/mol. The predicted molar refractivity (Wildman–Crippen MR) is 56.9 cm³/mol. The summed E-state index contributed by atoms with van der Waals surface area (Å²) in [5.41, 5.74) is 0.952. The Bertz CT molecular complexity index is 379. The molecule has 5 heteroatoms. The van der Waals surface area contributed by atoms with E-state index in [1.165, 1.54) is 19.2 Å². The number of rotatable bonds is 4. The molecule has 1 rings (SSSR count). The van der Waals surface area contributed by atoms with Crippen molar-refractivity contribution >= 4 is 21.9 Å². The van der Waals surface area contributed by atoms with Crippen LogP contribution in [0.3, 0.4) is 0 Å². The summed E-state index contributed by atoms with van der Waals surface area (Å²) in [6, 6.07) is 2.50. The summed E-state index contributed by atoms with van der Waals surface area (Å²) in [6.07, 6.45) is -0.249. The molecule has 1 N–H and O–H groups in total. The van der Waals surface area contributed by atoms with Crippen LogP contribution in [0.1, 0.15) is 11.1 Å². The van der Waals surface area contributed by atoms with Gasteiger partial charge in [0, 0.05) is 16.5 Å². The minimum Gasteiger partial charge on any atom is -0.496 e. The fraction of sp³-hybridized carbons (Fsp3) is 0.300. The molecule has 1 aromatic carbocycles. The van der Waals surface area contributed by atoms with E-state index in [1.807, 2.05) is 0 Å². The van der Waals surface area contributed by atoms with Gasteiger partial charge in [0.15, 0.2) is 0 Å². The van der Waals surface area contributed by atoms with Crippen LogP contribution in [0.15, 0.2) is 12.1 Å². The second-order valence-corrected chi connectivity index (χ2v) is 3.52. The Morgan fingerprint density at radius 2 is 2.13 bits per heavy atom. The standard InChI is InChI=1S/C10H10BrFO3/c1-15-10-6(4-9(13)14)2-8(12)3-7(10)5-11/h2-3H,4-5H2,1H3,(H,13,14). The molecule has 0 amide bonds. The van der Waals surface area contributed by atoms with Gasteiger partial charge in [-0.2, -0.15) is 0 Å². The summed E-state index contributed by atoms with van der Waals surface area (Å²) >= 11 is 3.19. The molecule has 0 heterocycles. The first-order valence-corrected chi connectivity index (χ1v) is 5.33. The molecule has 0 spiro atoms. The van der Waals surface area contributed by atoms with Gasteiger partial charge in [-0.3, -0.25) is 4.79 Å². The topological polar surface area (TPSA) is 46.5 Å². The van der Waals surface area contributed by atoms with Crippen LogP contribution in [0.4, 0.5) is 4.39 Å². The Kier molecular flexibility index (Phi) is 4.08. The molecule has 0 unspecified atom stereocenters. The summed E-state index contributed by atoms with van der Waals surface area (Å²) in [5, 5.41) is 9.07. The maximum absolute atomic E-state index is 13.1. The highest BCUT2D eigenvalue weighted by atomic mass is 79.9. The second kappa shape index (κ2) is 5.11. The second-order valence-electron chi connectivity index (χ2n) is 2.96. The number of carboxylic acid groups (broad SMARTS) is 1. The van der Waals surface area contributed by atoms with Gasteiger partial charge in [-0.05, 0) is 12.1 Å². The average Bonchev–Trinajstić information content (AvgIpc) is 2.15. The summed E-state index contributed by atoms with van der Waals surface area (Å²) in [7, 11) is 1.44. The van der Waals surface area contributed by atoms with Gasteiger partial charge < -0.3 is 9.84 Å². The van der Waals surface area contributed by atoms with E-state index >= 15 is 0 Å². The molecule has 0 aliphatic rings. The third kappa shape index (κ3) is 2.92. The van der Waals surface area contributed by atoms with Gasteiger partial charge in [0.25, 0.3) is 0 Å². The number of aliphatic carboxylic acids is 1. The van der Waals surface area contributed by atoms with E-state index in [1.54, 1.807) is 0 Å². The Labute approximate surface area is 95.0 Å². The van der Waals surface area contributed by atoms with Crippen LogP contribution in [0.5, 0.6) is 5.75 Å². The molecule has 0 aliphatic heterocycles. The summed E-state index contributed by atoms with van der Waals surface area (Å²) in [5.74, 6) is -1.04. The van der Waals surface area contributed by atoms with Gasteiger partial charge in [0.05, 0.1) is 13.5 Å². The Balaban J connectivity index is 3.22. The quantitative estimate of drug-likeness (QED) is 0.859. The summed E-state index contributed by atoms with van der Waals surface area (Å²) in [4.78, 5) is 10.6. The lowest BCUT2D eigenvalue weighted by Gasteiger charge is -2.11. The van der Waals surface area contributed by atoms with Gasteiger partial charge in [-0.25, -0.2) is 4.39 Å². The maximum atomic E-state index is 13.1. The van der Waals surface area contributed by atoms with E-state index in [4.69, 9.17) is 9.84 Å². The van der Waals surface area contributed by atoms with E-state index in [0.717, 1.165) is 0 Å². The van der Waals surface area contributed by atoms with Crippen molar-refractivity contribution in [3.63, 3.8) is 0 Å². The molecule has 82 valence electrons. The van der Waals surface area contributed by atoms with E-state index < -0.39 is 11.8 Å². The number of halogens is 2. The third-order valence-electron chi connectivity index (χ3n) is 1.90. The summed E-state index contributed by atoms with van der Waals surface area (Å²) in [6.45, 7) is 0. The molecule has 0 atom stereocenters. The molecule has 0 radical (unpaired) electrons. The summed E-state index contributed by atoms with van der Waals surface area (Å²) < 4.78 is 18.2. The number of carbonyl (C=O) groups is 1. The zero-order valence-corrected chi connectivity index (χ0v) is 9.67. The van der Waals surface area contributed by atoms with Gasteiger partial charge in [0.1, 0.15) is 11.6 Å². The fourth-order valence-electron chi connectivity index (χ4n) is 1.37.